The van der Waals surface area contributed by atoms with E-state index in [0.29, 0.717) is 20.1 Å². The van der Waals surface area contributed by atoms with Crippen molar-refractivity contribution >= 4 is 46.1 Å². The van der Waals surface area contributed by atoms with E-state index in [1.165, 1.54) is 11.3 Å². The highest BCUT2D eigenvalue weighted by molar-refractivity contribution is 7.20. The van der Waals surface area contributed by atoms with Gasteiger partial charge in [0.05, 0.1) is 25.1 Å². The lowest BCUT2D eigenvalue weighted by Crippen LogP contribution is -2.15. The Labute approximate surface area is 131 Å². The third-order valence-corrected chi connectivity index (χ3v) is 4.95. The number of nitrogens with two attached hydrogens (primary N) is 1. The van der Waals surface area contributed by atoms with Gasteiger partial charge in [0.2, 0.25) is 0 Å². The minimum Gasteiger partial charge on any atom is -0.324 e. The minimum absolute atomic E-state index is 0.242. The fourth-order valence-electron chi connectivity index (χ4n) is 1.97. The lowest BCUT2D eigenvalue weighted by molar-refractivity contribution is 0.639. The van der Waals surface area contributed by atoms with Crippen LogP contribution in [0.3, 0.4) is 0 Å². The molecule has 2 N–H and O–H groups in total. The molecule has 0 bridgehead atoms. The molecule has 2 aromatic rings. The number of hydrogen-bond donors (Lipinski definition) is 1. The molecule has 2 aromatic heterocycles. The van der Waals surface area contributed by atoms with Crippen LogP contribution in [0.2, 0.25) is 13.7 Å². The van der Waals surface area contributed by atoms with E-state index in [1.54, 1.807) is 4.68 Å². The summed E-state index contributed by atoms with van der Waals surface area (Å²) >= 11 is 19.7. The van der Waals surface area contributed by atoms with E-state index in [9.17, 15) is 0 Å². The average molecular weight is 339 g/mol. The van der Waals surface area contributed by atoms with E-state index in [0.717, 1.165) is 23.4 Å². The van der Waals surface area contributed by atoms with Gasteiger partial charge >= 0.3 is 0 Å². The number of thiophene rings is 1. The number of nitrogens with zero attached hydrogens (tertiary/aromatic N) is 2. The van der Waals surface area contributed by atoms with Crippen molar-refractivity contribution in [1.29, 1.82) is 0 Å². The predicted octanol–water partition coefficient (Wildman–Crippen LogP) is 4.25. The van der Waals surface area contributed by atoms with Gasteiger partial charge in [-0.3, -0.25) is 4.68 Å². The molecule has 0 radical (unpaired) electrons. The molecule has 1 atom stereocenters. The minimum atomic E-state index is -0.242. The van der Waals surface area contributed by atoms with Crippen LogP contribution in [0.1, 0.15) is 29.9 Å². The van der Waals surface area contributed by atoms with Crippen molar-refractivity contribution in [1.82, 2.24) is 9.78 Å². The third kappa shape index (κ3) is 3.09. The molecule has 2 heterocycles. The van der Waals surface area contributed by atoms with Crippen molar-refractivity contribution in [3.8, 4) is 0 Å². The standard InChI is InChI=1S/C12H14Cl3N3S/c1-3-8-11(14)9(18(2)17-8)5-7(16)6-4-10(13)19-12(6)15/h4,7H,3,5,16H2,1-2H3. The number of rotatable bonds is 4. The van der Waals surface area contributed by atoms with E-state index >= 15 is 0 Å². The molecule has 0 saturated carbocycles. The zero-order valence-electron chi connectivity index (χ0n) is 10.6. The molecule has 3 nitrogen and oxygen atoms in total. The first-order chi connectivity index (χ1) is 8.93. The van der Waals surface area contributed by atoms with Gasteiger partial charge in [-0.2, -0.15) is 5.10 Å². The lowest BCUT2D eigenvalue weighted by Gasteiger charge is -2.11. The van der Waals surface area contributed by atoms with Crippen molar-refractivity contribution in [2.75, 3.05) is 0 Å². The van der Waals surface area contributed by atoms with Gasteiger partial charge < -0.3 is 5.73 Å². The van der Waals surface area contributed by atoms with Gasteiger partial charge in [-0.05, 0) is 12.5 Å². The van der Waals surface area contributed by atoms with Gasteiger partial charge in [0.15, 0.2) is 0 Å². The largest absolute Gasteiger partial charge is 0.324 e. The Balaban J connectivity index is 2.26. The number of aromatic nitrogens is 2. The Kier molecular flexibility index (Phi) is 4.79. The highest BCUT2D eigenvalue weighted by atomic mass is 35.5. The van der Waals surface area contributed by atoms with Gasteiger partial charge in [0.1, 0.15) is 0 Å². The molecule has 104 valence electrons. The first-order valence-electron chi connectivity index (χ1n) is 5.84. The Hall–Kier alpha value is -0.260. The first kappa shape index (κ1) is 15.1. The number of aryl methyl sites for hydroxylation is 2. The fourth-order valence-corrected chi connectivity index (χ4v) is 3.93. The van der Waals surface area contributed by atoms with Gasteiger partial charge in [0.25, 0.3) is 0 Å². The summed E-state index contributed by atoms with van der Waals surface area (Å²) in [5, 5.41) is 5.07. The monoisotopic (exact) mass is 337 g/mol. The predicted molar refractivity (Wildman–Crippen MR) is 82.6 cm³/mol. The lowest BCUT2D eigenvalue weighted by atomic mass is 10.1. The fraction of sp³-hybridized carbons (Fsp3) is 0.417. The van der Waals surface area contributed by atoms with Crippen LogP contribution in [0, 0.1) is 0 Å². The molecular formula is C12H14Cl3N3S. The SMILES string of the molecule is CCc1nn(C)c(CC(N)c2cc(Cl)sc2Cl)c1Cl. The summed E-state index contributed by atoms with van der Waals surface area (Å²) in [4.78, 5) is 0. The Bertz CT molecular complexity index is 591. The smallest absolute Gasteiger partial charge is 0.0992 e. The van der Waals surface area contributed by atoms with Crippen LogP contribution < -0.4 is 5.73 Å². The second-order valence-corrected chi connectivity index (χ2v) is 6.94. The summed E-state index contributed by atoms with van der Waals surface area (Å²) in [6.45, 7) is 2.02. The van der Waals surface area contributed by atoms with Gasteiger partial charge in [-0.15, -0.1) is 11.3 Å². The van der Waals surface area contributed by atoms with Crippen LogP contribution in [0.25, 0.3) is 0 Å². The molecule has 0 saturated heterocycles. The van der Waals surface area contributed by atoms with E-state index in [-0.39, 0.29) is 6.04 Å². The maximum absolute atomic E-state index is 6.31. The topological polar surface area (TPSA) is 43.8 Å². The highest BCUT2D eigenvalue weighted by Crippen LogP contribution is 2.36. The Morgan fingerprint density at radius 3 is 2.58 bits per heavy atom. The highest BCUT2D eigenvalue weighted by Gasteiger charge is 2.19. The van der Waals surface area contributed by atoms with Gasteiger partial charge in [-0.25, -0.2) is 0 Å². The van der Waals surface area contributed by atoms with Crippen LogP contribution in [-0.2, 0) is 19.9 Å². The van der Waals surface area contributed by atoms with Crippen molar-refractivity contribution in [2.45, 2.75) is 25.8 Å². The van der Waals surface area contributed by atoms with Crippen molar-refractivity contribution < 1.29 is 0 Å². The summed E-state index contributed by atoms with van der Waals surface area (Å²) in [6.07, 6.45) is 1.38. The molecule has 7 heteroatoms. The normalized spacial score (nSPS) is 12.9. The third-order valence-electron chi connectivity index (χ3n) is 3.00. The van der Waals surface area contributed by atoms with Crippen molar-refractivity contribution in [3.05, 3.63) is 36.7 Å². The summed E-state index contributed by atoms with van der Waals surface area (Å²) in [6, 6.07) is 1.57. The second-order valence-electron chi connectivity index (χ2n) is 4.27. The molecular weight excluding hydrogens is 325 g/mol. The van der Waals surface area contributed by atoms with Crippen LogP contribution in [0.5, 0.6) is 0 Å². The summed E-state index contributed by atoms with van der Waals surface area (Å²) < 4.78 is 3.05. The van der Waals surface area contributed by atoms with Crippen LogP contribution in [0.15, 0.2) is 6.07 Å². The summed E-state index contributed by atoms with van der Waals surface area (Å²) in [7, 11) is 1.87. The van der Waals surface area contributed by atoms with Crippen molar-refractivity contribution in [3.63, 3.8) is 0 Å². The maximum Gasteiger partial charge on any atom is 0.0992 e. The van der Waals surface area contributed by atoms with E-state index in [1.807, 2.05) is 20.0 Å². The molecule has 0 aromatic carbocycles. The molecule has 0 aliphatic rings. The zero-order valence-corrected chi connectivity index (χ0v) is 13.7. The summed E-state index contributed by atoms with van der Waals surface area (Å²) in [5.41, 5.74) is 8.86. The average Bonchev–Trinajstić information content (AvgIpc) is 2.82. The summed E-state index contributed by atoms with van der Waals surface area (Å²) in [5.74, 6) is 0. The molecule has 1 unspecified atom stereocenters. The zero-order chi connectivity index (χ0) is 14.2. The Morgan fingerprint density at radius 1 is 1.42 bits per heavy atom. The van der Waals surface area contributed by atoms with E-state index < -0.39 is 0 Å². The van der Waals surface area contributed by atoms with Crippen LogP contribution in [-0.4, -0.2) is 9.78 Å². The van der Waals surface area contributed by atoms with Crippen LogP contribution >= 0.6 is 46.1 Å². The van der Waals surface area contributed by atoms with E-state index in [4.69, 9.17) is 40.5 Å². The molecule has 0 spiro atoms. The molecule has 19 heavy (non-hydrogen) atoms. The molecule has 2 rings (SSSR count). The van der Waals surface area contributed by atoms with Crippen LogP contribution in [0.4, 0.5) is 0 Å². The molecule has 0 fully saturated rings. The first-order valence-corrected chi connectivity index (χ1v) is 7.79. The quantitative estimate of drug-likeness (QED) is 0.906. The number of hydrogen-bond acceptors (Lipinski definition) is 3. The van der Waals surface area contributed by atoms with Gasteiger partial charge in [0, 0.05) is 25.1 Å². The second kappa shape index (κ2) is 6.02. The molecule has 0 aliphatic carbocycles. The van der Waals surface area contributed by atoms with Crippen molar-refractivity contribution in [2.24, 2.45) is 12.8 Å². The maximum atomic E-state index is 6.31. The molecule has 0 aliphatic heterocycles. The number of halogens is 3. The van der Waals surface area contributed by atoms with E-state index in [2.05, 4.69) is 5.10 Å². The van der Waals surface area contributed by atoms with Gasteiger partial charge in [-0.1, -0.05) is 41.7 Å². The Morgan fingerprint density at radius 2 is 2.11 bits per heavy atom. The molecule has 0 amide bonds.